The molecule has 5 heteroatoms. The summed E-state index contributed by atoms with van der Waals surface area (Å²) in [6.07, 6.45) is 0. The van der Waals surface area contributed by atoms with Crippen LogP contribution in [0.25, 0.3) is 0 Å². The van der Waals surface area contributed by atoms with Crippen LogP contribution >= 0.6 is 0 Å². The number of piperazine rings is 1. The Hall–Kier alpha value is -2.66. The number of quaternary nitrogens is 1. The molecule has 1 heterocycles. The first-order valence-corrected chi connectivity index (χ1v) is 9.92. The lowest BCUT2D eigenvalue weighted by atomic mass is 9.99. The van der Waals surface area contributed by atoms with Gasteiger partial charge in [-0.05, 0) is 36.1 Å². The number of rotatable bonds is 5. The molecule has 1 aliphatic rings. The molecule has 28 heavy (non-hydrogen) atoms. The van der Waals surface area contributed by atoms with Crippen molar-refractivity contribution in [2.45, 2.75) is 32.7 Å². The molecule has 0 unspecified atom stereocenters. The van der Waals surface area contributed by atoms with Gasteiger partial charge in [-0.3, -0.25) is 4.79 Å². The highest BCUT2D eigenvalue weighted by Gasteiger charge is 2.28. The number of hydrogen-bond acceptors (Lipinski definition) is 3. The molecule has 1 fully saturated rings. The lowest BCUT2D eigenvalue weighted by molar-refractivity contribution is -0.933. The van der Waals surface area contributed by atoms with Gasteiger partial charge in [0.1, 0.15) is 6.04 Å². The van der Waals surface area contributed by atoms with Gasteiger partial charge in [0.25, 0.3) is 5.91 Å². The number of carboxylic acid groups (broad SMARTS) is 1. The van der Waals surface area contributed by atoms with Crippen LogP contribution in [0.3, 0.4) is 0 Å². The summed E-state index contributed by atoms with van der Waals surface area (Å²) < 4.78 is 0. The molecule has 2 aromatic rings. The van der Waals surface area contributed by atoms with E-state index >= 15 is 0 Å². The highest BCUT2D eigenvalue weighted by atomic mass is 16.4. The van der Waals surface area contributed by atoms with Gasteiger partial charge < -0.3 is 19.7 Å². The molecule has 0 aromatic heterocycles. The van der Waals surface area contributed by atoms with Gasteiger partial charge >= 0.3 is 0 Å². The summed E-state index contributed by atoms with van der Waals surface area (Å²) >= 11 is 0. The van der Waals surface area contributed by atoms with Crippen molar-refractivity contribution in [3.05, 3.63) is 70.8 Å². The van der Waals surface area contributed by atoms with Crippen molar-refractivity contribution in [2.24, 2.45) is 0 Å². The van der Waals surface area contributed by atoms with E-state index in [1.54, 1.807) is 12.1 Å². The quantitative estimate of drug-likeness (QED) is 0.850. The van der Waals surface area contributed by atoms with Gasteiger partial charge in [0, 0.05) is 11.1 Å². The molecule has 5 nitrogen and oxygen atoms in total. The summed E-state index contributed by atoms with van der Waals surface area (Å²) in [7, 11) is 0. The van der Waals surface area contributed by atoms with Crippen LogP contribution < -0.4 is 10.0 Å². The maximum absolute atomic E-state index is 12.7. The Morgan fingerprint density at radius 3 is 1.86 bits per heavy atom. The maximum Gasteiger partial charge on any atom is 0.254 e. The number of carbonyl (C=O) groups excluding carboxylic acids is 2. The number of nitrogens with zero attached hydrogens (tertiary/aromatic N) is 1. The molecule has 0 aliphatic carbocycles. The third-order valence-electron chi connectivity index (χ3n) is 5.78. The lowest BCUT2D eigenvalue weighted by Gasteiger charge is -2.35. The smallest absolute Gasteiger partial charge is 0.254 e. The number of carboxylic acids is 1. The van der Waals surface area contributed by atoms with Crippen LogP contribution in [0.1, 0.15) is 64.6 Å². The molecule has 2 aromatic carbocycles. The lowest BCUT2D eigenvalue weighted by Crippen LogP contribution is -3.14. The van der Waals surface area contributed by atoms with Gasteiger partial charge in [-0.25, -0.2) is 0 Å². The van der Waals surface area contributed by atoms with E-state index in [0.717, 1.165) is 13.1 Å². The summed E-state index contributed by atoms with van der Waals surface area (Å²) in [6.45, 7) is 9.84. The number of carbonyl (C=O) groups is 2. The van der Waals surface area contributed by atoms with E-state index in [9.17, 15) is 14.7 Å². The molecule has 1 saturated heterocycles. The predicted octanol–water partition coefficient (Wildman–Crippen LogP) is 1.28. The topological polar surface area (TPSA) is 64.9 Å². The van der Waals surface area contributed by atoms with Crippen molar-refractivity contribution in [3.8, 4) is 0 Å². The zero-order chi connectivity index (χ0) is 20.3. The van der Waals surface area contributed by atoms with Crippen molar-refractivity contribution in [1.82, 2.24) is 4.90 Å². The summed E-state index contributed by atoms with van der Waals surface area (Å²) in [5, 5.41) is 10.8. The Balaban J connectivity index is 1.58. The van der Waals surface area contributed by atoms with Crippen LogP contribution in [-0.2, 0) is 0 Å². The van der Waals surface area contributed by atoms with E-state index in [0.29, 0.717) is 30.6 Å². The minimum atomic E-state index is -1.23. The van der Waals surface area contributed by atoms with E-state index in [1.807, 2.05) is 4.90 Å². The zero-order valence-corrected chi connectivity index (χ0v) is 16.8. The number of hydrogen-bond donors (Lipinski definition) is 1. The summed E-state index contributed by atoms with van der Waals surface area (Å²) in [5.41, 5.74) is 3.29. The Labute approximate surface area is 166 Å². The van der Waals surface area contributed by atoms with Gasteiger partial charge in [-0.15, -0.1) is 0 Å². The molecule has 1 amide bonds. The van der Waals surface area contributed by atoms with Crippen LogP contribution in [0.5, 0.6) is 0 Å². The molecule has 1 atom stereocenters. The van der Waals surface area contributed by atoms with Gasteiger partial charge in [0.2, 0.25) is 0 Å². The molecule has 1 aliphatic heterocycles. The van der Waals surface area contributed by atoms with Crippen LogP contribution in [0.15, 0.2) is 48.5 Å². The average molecular weight is 380 g/mol. The Morgan fingerprint density at radius 1 is 0.857 bits per heavy atom. The molecular weight excluding hydrogens is 352 g/mol. The molecular formula is C23H28N2O3. The largest absolute Gasteiger partial charge is 0.545 e. The minimum Gasteiger partial charge on any atom is -0.545 e. The summed E-state index contributed by atoms with van der Waals surface area (Å²) in [5.74, 6) is -0.739. The number of benzene rings is 2. The fraction of sp³-hybridized carbons (Fsp3) is 0.391. The second kappa shape index (κ2) is 8.57. The van der Waals surface area contributed by atoms with Gasteiger partial charge in [-0.2, -0.15) is 0 Å². The van der Waals surface area contributed by atoms with Crippen molar-refractivity contribution in [2.75, 3.05) is 26.2 Å². The van der Waals surface area contributed by atoms with E-state index in [2.05, 4.69) is 45.0 Å². The number of amides is 1. The standard InChI is InChI=1S/C23H28N2O3/c1-16(2)18-4-6-19(7-5-18)17(3)24-12-14-25(15-13-24)22(26)20-8-10-21(11-9-20)23(27)28/h4-11,16-17H,12-15H2,1-3H3,(H,27,28)/t17-/m1/s1. The molecule has 0 bridgehead atoms. The molecule has 148 valence electrons. The van der Waals surface area contributed by atoms with Crippen LogP contribution in [-0.4, -0.2) is 43.0 Å². The van der Waals surface area contributed by atoms with Crippen LogP contribution in [0.2, 0.25) is 0 Å². The fourth-order valence-corrected chi connectivity index (χ4v) is 3.77. The Bertz CT molecular complexity index is 820. The highest BCUT2D eigenvalue weighted by molar-refractivity contribution is 5.95. The van der Waals surface area contributed by atoms with Crippen molar-refractivity contribution >= 4 is 11.9 Å². The normalized spacial score (nSPS) is 16.2. The predicted molar refractivity (Wildman–Crippen MR) is 106 cm³/mol. The van der Waals surface area contributed by atoms with Crippen molar-refractivity contribution in [1.29, 1.82) is 0 Å². The van der Waals surface area contributed by atoms with Crippen LogP contribution in [0, 0.1) is 0 Å². The maximum atomic E-state index is 12.7. The summed E-state index contributed by atoms with van der Waals surface area (Å²) in [4.78, 5) is 26.9. The number of nitrogens with one attached hydrogen (secondary N) is 1. The van der Waals surface area contributed by atoms with E-state index in [4.69, 9.17) is 0 Å². The minimum absolute atomic E-state index is 0.0436. The molecule has 0 saturated carbocycles. The number of aromatic carboxylic acids is 1. The van der Waals surface area contributed by atoms with E-state index in [-0.39, 0.29) is 11.5 Å². The van der Waals surface area contributed by atoms with Crippen molar-refractivity contribution < 1.29 is 19.6 Å². The van der Waals surface area contributed by atoms with Crippen LogP contribution in [0.4, 0.5) is 0 Å². The first-order chi connectivity index (χ1) is 13.4. The first kappa shape index (κ1) is 20.1. The SMILES string of the molecule is CC(C)c1ccc([C@@H](C)[NH+]2CCN(C(=O)c3ccc(C(=O)[O-])cc3)CC2)cc1. The average Bonchev–Trinajstić information content (AvgIpc) is 2.73. The second-order valence-corrected chi connectivity index (χ2v) is 7.86. The zero-order valence-electron chi connectivity index (χ0n) is 16.8. The summed E-state index contributed by atoms with van der Waals surface area (Å²) in [6, 6.07) is 15.2. The second-order valence-electron chi connectivity index (χ2n) is 7.86. The molecule has 3 rings (SSSR count). The molecule has 1 N–H and O–H groups in total. The van der Waals surface area contributed by atoms with Gasteiger partial charge in [-0.1, -0.05) is 50.2 Å². The molecule has 0 spiro atoms. The Morgan fingerprint density at radius 2 is 1.36 bits per heavy atom. The van der Waals surface area contributed by atoms with E-state index in [1.165, 1.54) is 28.2 Å². The fourth-order valence-electron chi connectivity index (χ4n) is 3.77. The van der Waals surface area contributed by atoms with Gasteiger partial charge in [0.15, 0.2) is 0 Å². The Kier molecular flexibility index (Phi) is 6.15. The third-order valence-corrected chi connectivity index (χ3v) is 5.78. The van der Waals surface area contributed by atoms with Gasteiger partial charge in [0.05, 0.1) is 32.1 Å². The third kappa shape index (κ3) is 4.42. The monoisotopic (exact) mass is 380 g/mol. The van der Waals surface area contributed by atoms with Crippen molar-refractivity contribution in [3.63, 3.8) is 0 Å². The van der Waals surface area contributed by atoms with E-state index < -0.39 is 5.97 Å². The first-order valence-electron chi connectivity index (χ1n) is 9.92. The highest BCUT2D eigenvalue weighted by Crippen LogP contribution is 2.17. The molecule has 0 radical (unpaired) electrons.